The molecule has 0 aliphatic rings. The van der Waals surface area contributed by atoms with Crippen molar-refractivity contribution >= 4 is 0 Å². The van der Waals surface area contributed by atoms with E-state index < -0.39 is 0 Å². The van der Waals surface area contributed by atoms with E-state index in [1.807, 2.05) is 4.68 Å². The molecule has 2 heterocycles. The van der Waals surface area contributed by atoms with Crippen LogP contribution in [0.15, 0.2) is 24.8 Å². The Hall–Kier alpha value is -1.62. The van der Waals surface area contributed by atoms with Crippen LogP contribution >= 0.6 is 0 Å². The highest BCUT2D eigenvalue weighted by Gasteiger charge is 2.10. The van der Waals surface area contributed by atoms with E-state index in [0.29, 0.717) is 6.04 Å². The van der Waals surface area contributed by atoms with Crippen LogP contribution in [0.1, 0.15) is 57.1 Å². The maximum Gasteiger partial charge on any atom is 0.147 e. The van der Waals surface area contributed by atoms with E-state index in [9.17, 15) is 0 Å². The van der Waals surface area contributed by atoms with Gasteiger partial charge in [0.2, 0.25) is 0 Å². The van der Waals surface area contributed by atoms with Crippen LogP contribution in [0.25, 0.3) is 0 Å². The fourth-order valence-electron chi connectivity index (χ4n) is 2.24. The molecular formula is C14H23N5. The van der Waals surface area contributed by atoms with Crippen molar-refractivity contribution in [2.75, 3.05) is 0 Å². The summed E-state index contributed by atoms with van der Waals surface area (Å²) in [5.74, 6) is 0.973. The fraction of sp³-hybridized carbons (Fsp3) is 0.571. The summed E-state index contributed by atoms with van der Waals surface area (Å²) in [5.41, 5.74) is 7.32. The molecule has 0 aliphatic carbocycles. The molecule has 0 radical (unpaired) electrons. The molecule has 2 rings (SSSR count). The van der Waals surface area contributed by atoms with Crippen molar-refractivity contribution in [2.45, 2.75) is 52.2 Å². The summed E-state index contributed by atoms with van der Waals surface area (Å²) in [6, 6.07) is 2.56. The Morgan fingerprint density at radius 2 is 2.16 bits per heavy atom. The molecule has 1 unspecified atom stereocenters. The van der Waals surface area contributed by atoms with Crippen LogP contribution in [-0.4, -0.2) is 19.3 Å². The van der Waals surface area contributed by atoms with E-state index in [1.54, 1.807) is 6.33 Å². The molecule has 2 aromatic heterocycles. The minimum absolute atomic E-state index is 0.134. The van der Waals surface area contributed by atoms with Gasteiger partial charge in [-0.1, -0.05) is 13.3 Å². The van der Waals surface area contributed by atoms with Crippen LogP contribution in [0, 0.1) is 0 Å². The lowest BCUT2D eigenvalue weighted by atomic mass is 10.1. The summed E-state index contributed by atoms with van der Waals surface area (Å²) in [4.78, 5) is 4.32. The number of nitrogens with zero attached hydrogens (tertiary/aromatic N) is 4. The topological polar surface area (TPSA) is 61.7 Å². The summed E-state index contributed by atoms with van der Waals surface area (Å²) in [6.07, 6.45) is 7.91. The smallest absolute Gasteiger partial charge is 0.147 e. The molecule has 5 nitrogen and oxygen atoms in total. The predicted octanol–water partition coefficient (Wildman–Crippen LogP) is 2.51. The molecule has 0 aliphatic heterocycles. The molecule has 1 atom stereocenters. The number of rotatable bonds is 6. The first-order valence-corrected chi connectivity index (χ1v) is 6.91. The van der Waals surface area contributed by atoms with E-state index in [-0.39, 0.29) is 6.04 Å². The van der Waals surface area contributed by atoms with Crippen molar-refractivity contribution in [1.82, 2.24) is 19.3 Å². The van der Waals surface area contributed by atoms with E-state index in [4.69, 9.17) is 5.73 Å². The predicted molar refractivity (Wildman–Crippen MR) is 75.8 cm³/mol. The third kappa shape index (κ3) is 3.23. The normalized spacial score (nSPS) is 13.1. The Morgan fingerprint density at radius 1 is 1.37 bits per heavy atom. The zero-order valence-electron chi connectivity index (χ0n) is 12.0. The van der Waals surface area contributed by atoms with Gasteiger partial charge >= 0.3 is 0 Å². The van der Waals surface area contributed by atoms with Crippen molar-refractivity contribution in [3.05, 3.63) is 36.2 Å². The standard InChI is InChI=1S/C14H23N5/c1-4-5-13(15)12-6-7-18(8-12)9-14-16-10-17-19(14)11(2)3/h6-8,10-11,13H,4-5,9,15H2,1-3H3. The SMILES string of the molecule is CCCC(N)c1ccn(Cc2ncnn2C(C)C)c1. The van der Waals surface area contributed by atoms with Gasteiger partial charge in [-0.3, -0.25) is 0 Å². The van der Waals surface area contributed by atoms with Gasteiger partial charge in [0, 0.05) is 24.5 Å². The minimum Gasteiger partial charge on any atom is -0.346 e. The highest BCUT2D eigenvalue weighted by Crippen LogP contribution is 2.16. The number of hydrogen-bond donors (Lipinski definition) is 1. The molecule has 19 heavy (non-hydrogen) atoms. The van der Waals surface area contributed by atoms with Gasteiger partial charge in [-0.05, 0) is 31.9 Å². The Balaban J connectivity index is 2.09. The number of aromatic nitrogens is 4. The minimum atomic E-state index is 0.134. The molecular weight excluding hydrogens is 238 g/mol. The summed E-state index contributed by atoms with van der Waals surface area (Å²) < 4.78 is 4.07. The van der Waals surface area contributed by atoms with Gasteiger partial charge < -0.3 is 10.3 Å². The number of nitrogens with two attached hydrogens (primary N) is 1. The summed E-state index contributed by atoms with van der Waals surface area (Å²) in [7, 11) is 0. The lowest BCUT2D eigenvalue weighted by Crippen LogP contribution is -2.12. The molecule has 104 valence electrons. The first-order chi connectivity index (χ1) is 9.11. The lowest BCUT2D eigenvalue weighted by molar-refractivity contribution is 0.496. The van der Waals surface area contributed by atoms with E-state index in [0.717, 1.165) is 25.2 Å². The molecule has 0 aromatic carbocycles. The zero-order valence-corrected chi connectivity index (χ0v) is 12.0. The first-order valence-electron chi connectivity index (χ1n) is 6.91. The Kier molecular flexibility index (Phi) is 4.37. The lowest BCUT2D eigenvalue weighted by Gasteiger charge is -2.10. The molecule has 0 saturated carbocycles. The summed E-state index contributed by atoms with van der Waals surface area (Å²) in [6.45, 7) is 7.10. The van der Waals surface area contributed by atoms with E-state index in [1.165, 1.54) is 5.56 Å². The van der Waals surface area contributed by atoms with E-state index in [2.05, 4.69) is 53.9 Å². The molecule has 2 aromatic rings. The summed E-state index contributed by atoms with van der Waals surface area (Å²) >= 11 is 0. The number of hydrogen-bond acceptors (Lipinski definition) is 3. The van der Waals surface area contributed by atoms with Crippen LogP contribution in [0.4, 0.5) is 0 Å². The van der Waals surface area contributed by atoms with Crippen LogP contribution in [0.5, 0.6) is 0 Å². The van der Waals surface area contributed by atoms with Gasteiger partial charge in [-0.2, -0.15) is 5.10 Å². The average molecular weight is 261 g/mol. The van der Waals surface area contributed by atoms with Gasteiger partial charge in [0.05, 0.1) is 6.54 Å². The van der Waals surface area contributed by atoms with Gasteiger partial charge in [0.15, 0.2) is 0 Å². The van der Waals surface area contributed by atoms with Crippen LogP contribution in [0.3, 0.4) is 0 Å². The van der Waals surface area contributed by atoms with E-state index >= 15 is 0 Å². The highest BCUT2D eigenvalue weighted by atomic mass is 15.4. The second-order valence-electron chi connectivity index (χ2n) is 5.23. The van der Waals surface area contributed by atoms with Gasteiger partial charge in [0.25, 0.3) is 0 Å². The van der Waals surface area contributed by atoms with Crippen LogP contribution in [0.2, 0.25) is 0 Å². The van der Waals surface area contributed by atoms with Crippen molar-refractivity contribution in [3.63, 3.8) is 0 Å². The quantitative estimate of drug-likeness (QED) is 0.869. The van der Waals surface area contributed by atoms with Crippen molar-refractivity contribution in [1.29, 1.82) is 0 Å². The maximum atomic E-state index is 6.12. The third-order valence-corrected chi connectivity index (χ3v) is 3.26. The molecule has 0 spiro atoms. The van der Waals surface area contributed by atoms with Crippen molar-refractivity contribution in [3.8, 4) is 0 Å². The second kappa shape index (κ2) is 6.02. The molecule has 0 bridgehead atoms. The average Bonchev–Trinajstić information content (AvgIpc) is 2.99. The molecule has 0 fully saturated rings. The van der Waals surface area contributed by atoms with Gasteiger partial charge in [-0.15, -0.1) is 0 Å². The maximum absolute atomic E-state index is 6.12. The molecule has 5 heteroatoms. The molecule has 0 saturated heterocycles. The Bertz CT molecular complexity index is 511. The Labute approximate surface area is 114 Å². The van der Waals surface area contributed by atoms with Crippen LogP contribution < -0.4 is 5.73 Å². The highest BCUT2D eigenvalue weighted by molar-refractivity contribution is 5.15. The molecule has 2 N–H and O–H groups in total. The largest absolute Gasteiger partial charge is 0.346 e. The summed E-state index contributed by atoms with van der Waals surface area (Å²) in [5, 5.41) is 4.25. The molecule has 0 amide bonds. The van der Waals surface area contributed by atoms with Gasteiger partial charge in [-0.25, -0.2) is 9.67 Å². The van der Waals surface area contributed by atoms with Gasteiger partial charge in [0.1, 0.15) is 12.2 Å². The van der Waals surface area contributed by atoms with Crippen LogP contribution in [-0.2, 0) is 6.54 Å². The third-order valence-electron chi connectivity index (χ3n) is 3.26. The van der Waals surface area contributed by atoms with Crippen molar-refractivity contribution in [2.24, 2.45) is 5.73 Å². The fourth-order valence-corrected chi connectivity index (χ4v) is 2.24. The first kappa shape index (κ1) is 13.8. The Morgan fingerprint density at radius 3 is 2.84 bits per heavy atom. The second-order valence-corrected chi connectivity index (χ2v) is 5.23. The van der Waals surface area contributed by atoms with Crippen molar-refractivity contribution < 1.29 is 0 Å². The zero-order chi connectivity index (χ0) is 13.8. The monoisotopic (exact) mass is 261 g/mol.